The van der Waals surface area contributed by atoms with Crippen molar-refractivity contribution in [3.63, 3.8) is 0 Å². The van der Waals surface area contributed by atoms with Crippen molar-refractivity contribution >= 4 is 17.1 Å². The van der Waals surface area contributed by atoms with Crippen LogP contribution in [0.1, 0.15) is 39.4 Å². The van der Waals surface area contributed by atoms with Crippen LogP contribution >= 0.6 is 0 Å². The van der Waals surface area contributed by atoms with Crippen molar-refractivity contribution in [3.8, 4) is 0 Å². The molecule has 2 aromatic heterocycles. The number of nitrogens with zero attached hydrogens (tertiary/aromatic N) is 4. The summed E-state index contributed by atoms with van der Waals surface area (Å²) in [5.74, 6) is 0.568. The van der Waals surface area contributed by atoms with E-state index in [4.69, 9.17) is 5.73 Å². The van der Waals surface area contributed by atoms with E-state index in [0.29, 0.717) is 5.95 Å². The zero-order valence-electron chi connectivity index (χ0n) is 11.4. The Hall–Kier alpha value is -1.52. The number of nitrogen functional groups attached to an aromatic ring is 1. The maximum Gasteiger partial charge on any atom is 0.202 e. The van der Waals surface area contributed by atoms with Gasteiger partial charge in [0.15, 0.2) is 5.65 Å². The van der Waals surface area contributed by atoms with E-state index < -0.39 is 0 Å². The Morgan fingerprint density at radius 2 is 1.88 bits per heavy atom. The average molecular weight is 235 g/mol. The molecule has 0 aliphatic heterocycles. The molecule has 0 saturated heterocycles. The highest BCUT2D eigenvalue weighted by atomic mass is 15.4. The number of aryl methyl sites for hydroxylation is 2. The van der Waals surface area contributed by atoms with Crippen molar-refractivity contribution in [3.05, 3.63) is 5.69 Å². The molecule has 1 unspecified atom stereocenters. The molecule has 5 nitrogen and oxygen atoms in total. The molecule has 17 heavy (non-hydrogen) atoms. The fourth-order valence-corrected chi connectivity index (χ4v) is 2.08. The summed E-state index contributed by atoms with van der Waals surface area (Å²) < 4.78 is 3.94. The van der Waals surface area contributed by atoms with Gasteiger partial charge in [-0.2, -0.15) is 5.10 Å². The van der Waals surface area contributed by atoms with Crippen LogP contribution in [0.25, 0.3) is 11.2 Å². The lowest BCUT2D eigenvalue weighted by molar-refractivity contribution is 0.268. The predicted molar refractivity (Wildman–Crippen MR) is 69.8 cm³/mol. The van der Waals surface area contributed by atoms with Gasteiger partial charge in [0.2, 0.25) is 5.95 Å². The number of hydrogen-bond donors (Lipinski definition) is 1. The van der Waals surface area contributed by atoms with E-state index in [0.717, 1.165) is 16.9 Å². The number of hydrogen-bond acceptors (Lipinski definition) is 3. The van der Waals surface area contributed by atoms with Crippen LogP contribution in [0.15, 0.2) is 0 Å². The van der Waals surface area contributed by atoms with Gasteiger partial charge in [-0.15, -0.1) is 0 Å². The Morgan fingerprint density at radius 1 is 1.29 bits per heavy atom. The third-order valence-electron chi connectivity index (χ3n) is 3.50. The van der Waals surface area contributed by atoms with Crippen LogP contribution in [0.5, 0.6) is 0 Å². The summed E-state index contributed by atoms with van der Waals surface area (Å²) in [6, 6.07) is 0.266. The molecule has 0 saturated carbocycles. The van der Waals surface area contributed by atoms with Crippen molar-refractivity contribution in [1.29, 1.82) is 0 Å². The van der Waals surface area contributed by atoms with Crippen LogP contribution in [0.3, 0.4) is 0 Å². The second-order valence-electron chi connectivity index (χ2n) is 5.76. The summed E-state index contributed by atoms with van der Waals surface area (Å²) in [7, 11) is 1.93. The third-order valence-corrected chi connectivity index (χ3v) is 3.50. The van der Waals surface area contributed by atoms with E-state index in [-0.39, 0.29) is 11.5 Å². The monoisotopic (exact) mass is 235 g/mol. The lowest BCUT2D eigenvalue weighted by Gasteiger charge is -2.29. The van der Waals surface area contributed by atoms with Crippen molar-refractivity contribution in [1.82, 2.24) is 19.3 Å². The fraction of sp³-hybridized carbons (Fsp3) is 0.667. The lowest BCUT2D eigenvalue weighted by Crippen LogP contribution is -2.23. The largest absolute Gasteiger partial charge is 0.369 e. The number of nitrogens with two attached hydrogens (primary N) is 1. The molecule has 0 fully saturated rings. The Balaban J connectivity index is 2.72. The summed E-state index contributed by atoms with van der Waals surface area (Å²) in [5.41, 5.74) is 9.00. The zero-order valence-corrected chi connectivity index (χ0v) is 11.4. The summed E-state index contributed by atoms with van der Waals surface area (Å²) in [6.45, 7) is 10.7. The minimum atomic E-state index is 0.125. The van der Waals surface area contributed by atoms with Crippen LogP contribution in [0.2, 0.25) is 0 Å². The number of rotatable bonds is 1. The lowest BCUT2D eigenvalue weighted by atomic mass is 9.88. The minimum Gasteiger partial charge on any atom is -0.369 e. The average Bonchev–Trinajstić information content (AvgIpc) is 2.64. The first-order valence-corrected chi connectivity index (χ1v) is 5.90. The number of imidazole rings is 1. The Labute approximate surface area is 102 Å². The SMILES string of the molecule is Cc1nn(C)c2c1nc(N)n2C(C)C(C)(C)C. The topological polar surface area (TPSA) is 61.7 Å². The second kappa shape index (κ2) is 3.48. The molecule has 0 bridgehead atoms. The van der Waals surface area contributed by atoms with Gasteiger partial charge in [-0.25, -0.2) is 4.98 Å². The van der Waals surface area contributed by atoms with Gasteiger partial charge in [-0.05, 0) is 19.3 Å². The van der Waals surface area contributed by atoms with Gasteiger partial charge >= 0.3 is 0 Å². The molecular weight excluding hydrogens is 214 g/mol. The molecule has 2 aromatic rings. The molecule has 5 heteroatoms. The van der Waals surface area contributed by atoms with Crippen LogP contribution in [0.4, 0.5) is 5.95 Å². The highest BCUT2D eigenvalue weighted by Crippen LogP contribution is 2.35. The maximum atomic E-state index is 6.04. The first kappa shape index (κ1) is 12.0. The molecule has 0 radical (unpaired) electrons. The second-order valence-corrected chi connectivity index (χ2v) is 5.76. The van der Waals surface area contributed by atoms with Gasteiger partial charge in [0, 0.05) is 13.1 Å². The molecule has 2 heterocycles. The van der Waals surface area contributed by atoms with E-state index in [1.807, 2.05) is 18.7 Å². The van der Waals surface area contributed by atoms with Gasteiger partial charge in [0.05, 0.1) is 5.69 Å². The van der Waals surface area contributed by atoms with Gasteiger partial charge in [0.25, 0.3) is 0 Å². The Morgan fingerprint density at radius 3 is 2.41 bits per heavy atom. The van der Waals surface area contributed by atoms with E-state index in [9.17, 15) is 0 Å². The molecule has 0 spiro atoms. The van der Waals surface area contributed by atoms with E-state index >= 15 is 0 Å². The van der Waals surface area contributed by atoms with Crippen molar-refractivity contribution in [2.24, 2.45) is 12.5 Å². The van der Waals surface area contributed by atoms with Crippen molar-refractivity contribution in [2.75, 3.05) is 5.73 Å². The van der Waals surface area contributed by atoms with Crippen LogP contribution in [-0.4, -0.2) is 19.3 Å². The normalized spacial score (nSPS) is 14.5. The first-order valence-electron chi connectivity index (χ1n) is 5.90. The summed E-state index contributed by atoms with van der Waals surface area (Å²) in [4.78, 5) is 4.43. The third kappa shape index (κ3) is 1.69. The van der Waals surface area contributed by atoms with E-state index in [2.05, 4.69) is 42.3 Å². The molecule has 2 rings (SSSR count). The fourth-order valence-electron chi connectivity index (χ4n) is 2.08. The van der Waals surface area contributed by atoms with Gasteiger partial charge in [-0.1, -0.05) is 20.8 Å². The predicted octanol–water partition coefficient (Wildman–Crippen LogP) is 2.27. The van der Waals surface area contributed by atoms with E-state index in [1.165, 1.54) is 0 Å². The van der Waals surface area contributed by atoms with Crippen molar-refractivity contribution < 1.29 is 0 Å². The quantitative estimate of drug-likeness (QED) is 0.824. The maximum absolute atomic E-state index is 6.04. The summed E-state index contributed by atoms with van der Waals surface area (Å²) >= 11 is 0. The van der Waals surface area contributed by atoms with Gasteiger partial charge < -0.3 is 5.73 Å². The molecule has 0 amide bonds. The van der Waals surface area contributed by atoms with Crippen molar-refractivity contribution in [2.45, 2.75) is 40.7 Å². The molecule has 1 atom stereocenters. The molecule has 0 aromatic carbocycles. The molecule has 94 valence electrons. The Bertz CT molecular complexity index is 555. The molecule has 0 aliphatic carbocycles. The Kier molecular flexibility index (Phi) is 2.45. The standard InChI is InChI=1S/C12H21N5/c1-7-9-10(16(6)15-7)17(11(13)14-9)8(2)12(3,4)5/h8H,1-6H3,(H2,13,14). The summed E-state index contributed by atoms with van der Waals surface area (Å²) in [5, 5.41) is 4.39. The number of fused-ring (bicyclic) bond motifs is 1. The number of aromatic nitrogens is 4. The first-order chi connectivity index (χ1) is 7.73. The van der Waals surface area contributed by atoms with Gasteiger partial charge in [0.1, 0.15) is 5.52 Å². The molecule has 0 aliphatic rings. The number of anilines is 1. The van der Waals surface area contributed by atoms with Crippen LogP contribution < -0.4 is 5.73 Å². The smallest absolute Gasteiger partial charge is 0.202 e. The minimum absolute atomic E-state index is 0.125. The highest BCUT2D eigenvalue weighted by molar-refractivity contribution is 5.77. The zero-order chi connectivity index (χ0) is 13.0. The molecular formula is C12H21N5. The highest BCUT2D eigenvalue weighted by Gasteiger charge is 2.27. The van der Waals surface area contributed by atoms with Crippen LogP contribution in [0, 0.1) is 12.3 Å². The summed E-state index contributed by atoms with van der Waals surface area (Å²) in [6.07, 6.45) is 0. The van der Waals surface area contributed by atoms with E-state index in [1.54, 1.807) is 0 Å². The van der Waals surface area contributed by atoms with Gasteiger partial charge in [-0.3, -0.25) is 9.25 Å². The molecule has 2 N–H and O–H groups in total. The van der Waals surface area contributed by atoms with Crippen LogP contribution in [-0.2, 0) is 7.05 Å².